The fraction of sp³-hybridized carbons (Fsp3) is 0.357. The van der Waals surface area contributed by atoms with Crippen molar-refractivity contribution in [1.29, 1.82) is 0 Å². The van der Waals surface area contributed by atoms with Gasteiger partial charge in [0.1, 0.15) is 0 Å². The molecule has 1 aliphatic heterocycles. The molecule has 1 aliphatic rings. The Bertz CT molecular complexity index is 570. The van der Waals surface area contributed by atoms with Crippen LogP contribution in [0.5, 0.6) is 0 Å². The summed E-state index contributed by atoms with van der Waals surface area (Å²) < 4.78 is 5.46. The SMILES string of the molecule is Cc1noc2c1CNc1ccc(C(C)C)cc1-2. The molecule has 0 aliphatic carbocycles. The smallest absolute Gasteiger partial charge is 0.174 e. The maximum Gasteiger partial charge on any atom is 0.174 e. The monoisotopic (exact) mass is 228 g/mol. The molecular formula is C14H16N2O. The molecule has 1 aromatic heterocycles. The van der Waals surface area contributed by atoms with E-state index in [0.29, 0.717) is 5.92 Å². The van der Waals surface area contributed by atoms with Gasteiger partial charge in [0, 0.05) is 23.4 Å². The Kier molecular flexibility index (Phi) is 2.21. The summed E-state index contributed by atoms with van der Waals surface area (Å²) in [5, 5.41) is 7.47. The van der Waals surface area contributed by atoms with Crippen LogP contribution in [0.4, 0.5) is 5.69 Å². The summed E-state index contributed by atoms with van der Waals surface area (Å²) in [5.74, 6) is 1.45. The van der Waals surface area contributed by atoms with Crippen molar-refractivity contribution >= 4 is 5.69 Å². The molecule has 2 heterocycles. The van der Waals surface area contributed by atoms with Crippen molar-refractivity contribution < 1.29 is 4.52 Å². The number of benzene rings is 1. The number of nitrogens with one attached hydrogen (secondary N) is 1. The number of anilines is 1. The van der Waals surface area contributed by atoms with E-state index in [1.807, 2.05) is 6.92 Å². The maximum absolute atomic E-state index is 5.46. The molecule has 0 fully saturated rings. The quantitative estimate of drug-likeness (QED) is 0.808. The van der Waals surface area contributed by atoms with Gasteiger partial charge in [-0.3, -0.25) is 0 Å². The molecule has 0 amide bonds. The summed E-state index contributed by atoms with van der Waals surface area (Å²) in [4.78, 5) is 0. The second-order valence-electron chi connectivity index (χ2n) is 4.89. The van der Waals surface area contributed by atoms with Crippen LogP contribution in [0.3, 0.4) is 0 Å². The minimum atomic E-state index is 0.523. The molecule has 0 saturated carbocycles. The van der Waals surface area contributed by atoms with Gasteiger partial charge in [0.2, 0.25) is 0 Å². The second-order valence-corrected chi connectivity index (χ2v) is 4.89. The van der Waals surface area contributed by atoms with Crippen molar-refractivity contribution in [2.24, 2.45) is 0 Å². The first-order valence-electron chi connectivity index (χ1n) is 6.00. The standard InChI is InChI=1S/C14H16N2O/c1-8(2)10-4-5-13-11(6-10)14-12(7-15-13)9(3)16-17-14/h4-6,8,15H,7H2,1-3H3. The van der Waals surface area contributed by atoms with Crippen LogP contribution < -0.4 is 5.32 Å². The van der Waals surface area contributed by atoms with Crippen molar-refractivity contribution in [2.75, 3.05) is 5.32 Å². The largest absolute Gasteiger partial charge is 0.380 e. The summed E-state index contributed by atoms with van der Waals surface area (Å²) >= 11 is 0. The summed E-state index contributed by atoms with van der Waals surface area (Å²) in [6.07, 6.45) is 0. The molecule has 0 saturated heterocycles. The predicted octanol–water partition coefficient (Wildman–Crippen LogP) is 3.70. The van der Waals surface area contributed by atoms with E-state index in [4.69, 9.17) is 4.52 Å². The molecule has 1 aromatic carbocycles. The van der Waals surface area contributed by atoms with E-state index in [-0.39, 0.29) is 0 Å². The normalized spacial score (nSPS) is 13.2. The fourth-order valence-electron chi connectivity index (χ4n) is 2.26. The minimum Gasteiger partial charge on any atom is -0.380 e. The van der Waals surface area contributed by atoms with Crippen molar-refractivity contribution in [3.05, 3.63) is 35.0 Å². The number of aromatic nitrogens is 1. The fourth-order valence-corrected chi connectivity index (χ4v) is 2.26. The van der Waals surface area contributed by atoms with Crippen LogP contribution in [-0.4, -0.2) is 5.16 Å². The first kappa shape index (κ1) is 10.4. The first-order valence-corrected chi connectivity index (χ1v) is 6.00. The molecule has 0 bridgehead atoms. The number of nitrogens with zero attached hydrogens (tertiary/aromatic N) is 1. The lowest BCUT2D eigenvalue weighted by Crippen LogP contribution is -2.08. The highest BCUT2D eigenvalue weighted by Gasteiger charge is 2.22. The Hall–Kier alpha value is -1.77. The van der Waals surface area contributed by atoms with Crippen LogP contribution >= 0.6 is 0 Å². The molecule has 0 radical (unpaired) electrons. The Morgan fingerprint density at radius 3 is 2.94 bits per heavy atom. The molecule has 88 valence electrons. The first-order chi connectivity index (χ1) is 8.16. The molecule has 0 unspecified atom stereocenters. The van der Waals surface area contributed by atoms with E-state index >= 15 is 0 Å². The lowest BCUT2D eigenvalue weighted by Gasteiger charge is -2.18. The molecule has 2 aromatic rings. The van der Waals surface area contributed by atoms with E-state index in [9.17, 15) is 0 Å². The molecule has 3 rings (SSSR count). The van der Waals surface area contributed by atoms with Crippen LogP contribution in [0.2, 0.25) is 0 Å². The predicted molar refractivity (Wildman–Crippen MR) is 68.1 cm³/mol. The van der Waals surface area contributed by atoms with Gasteiger partial charge < -0.3 is 9.84 Å². The number of hydrogen-bond donors (Lipinski definition) is 1. The van der Waals surface area contributed by atoms with Crippen LogP contribution in [-0.2, 0) is 6.54 Å². The van der Waals surface area contributed by atoms with Crippen LogP contribution in [0.15, 0.2) is 22.7 Å². The highest BCUT2D eigenvalue weighted by atomic mass is 16.5. The highest BCUT2D eigenvalue weighted by Crippen LogP contribution is 2.38. The van der Waals surface area contributed by atoms with E-state index in [2.05, 4.69) is 42.5 Å². The van der Waals surface area contributed by atoms with Gasteiger partial charge in [-0.15, -0.1) is 0 Å². The molecule has 3 nitrogen and oxygen atoms in total. The van der Waals surface area contributed by atoms with E-state index in [1.165, 1.54) is 11.1 Å². The third-order valence-corrected chi connectivity index (χ3v) is 3.40. The van der Waals surface area contributed by atoms with Crippen LogP contribution in [0.1, 0.15) is 36.6 Å². The van der Waals surface area contributed by atoms with Crippen LogP contribution in [0, 0.1) is 6.92 Å². The lowest BCUT2D eigenvalue weighted by atomic mass is 9.95. The van der Waals surface area contributed by atoms with Crippen molar-refractivity contribution in [3.63, 3.8) is 0 Å². The lowest BCUT2D eigenvalue weighted by molar-refractivity contribution is 0.426. The van der Waals surface area contributed by atoms with Gasteiger partial charge in [-0.1, -0.05) is 25.1 Å². The molecule has 1 N–H and O–H groups in total. The molecule has 3 heteroatoms. The third-order valence-electron chi connectivity index (χ3n) is 3.40. The average molecular weight is 228 g/mol. The zero-order chi connectivity index (χ0) is 12.0. The molecular weight excluding hydrogens is 212 g/mol. The zero-order valence-corrected chi connectivity index (χ0v) is 10.4. The van der Waals surface area contributed by atoms with E-state index in [0.717, 1.165) is 29.2 Å². The van der Waals surface area contributed by atoms with E-state index < -0.39 is 0 Å². The number of aryl methyl sites for hydroxylation is 1. The number of hydrogen-bond acceptors (Lipinski definition) is 3. The Morgan fingerprint density at radius 2 is 2.18 bits per heavy atom. The van der Waals surface area contributed by atoms with Crippen molar-refractivity contribution in [2.45, 2.75) is 33.2 Å². The average Bonchev–Trinajstić information content (AvgIpc) is 2.71. The number of fused-ring (bicyclic) bond motifs is 3. The van der Waals surface area contributed by atoms with Gasteiger partial charge in [0.25, 0.3) is 0 Å². The van der Waals surface area contributed by atoms with Gasteiger partial charge in [-0.25, -0.2) is 0 Å². The topological polar surface area (TPSA) is 38.1 Å². The van der Waals surface area contributed by atoms with Crippen molar-refractivity contribution in [1.82, 2.24) is 5.16 Å². The van der Waals surface area contributed by atoms with Gasteiger partial charge in [0.05, 0.1) is 5.69 Å². The van der Waals surface area contributed by atoms with Gasteiger partial charge >= 0.3 is 0 Å². The maximum atomic E-state index is 5.46. The minimum absolute atomic E-state index is 0.523. The highest BCUT2D eigenvalue weighted by molar-refractivity contribution is 5.80. The Balaban J connectivity index is 2.19. The summed E-state index contributed by atoms with van der Waals surface area (Å²) in [6, 6.07) is 6.51. The zero-order valence-electron chi connectivity index (χ0n) is 10.4. The van der Waals surface area contributed by atoms with E-state index in [1.54, 1.807) is 0 Å². The second kappa shape index (κ2) is 3.62. The van der Waals surface area contributed by atoms with Gasteiger partial charge in [-0.2, -0.15) is 0 Å². The summed E-state index contributed by atoms with van der Waals surface area (Å²) in [5.41, 5.74) is 5.76. The summed E-state index contributed by atoms with van der Waals surface area (Å²) in [6.45, 7) is 7.19. The Labute approximate surface area is 101 Å². The van der Waals surface area contributed by atoms with Crippen molar-refractivity contribution in [3.8, 4) is 11.3 Å². The molecule has 0 atom stereocenters. The molecule has 17 heavy (non-hydrogen) atoms. The molecule has 0 spiro atoms. The third kappa shape index (κ3) is 1.54. The Morgan fingerprint density at radius 1 is 1.35 bits per heavy atom. The number of rotatable bonds is 1. The van der Waals surface area contributed by atoms with Gasteiger partial charge in [0.15, 0.2) is 5.76 Å². The summed E-state index contributed by atoms with van der Waals surface area (Å²) in [7, 11) is 0. The van der Waals surface area contributed by atoms with Crippen LogP contribution in [0.25, 0.3) is 11.3 Å². The van der Waals surface area contributed by atoms with Gasteiger partial charge in [-0.05, 0) is 30.5 Å².